The predicted molar refractivity (Wildman–Crippen MR) is 116 cm³/mol. The number of anilines is 1. The lowest BCUT2D eigenvalue weighted by Gasteiger charge is -2.42. The maximum absolute atomic E-state index is 11.3. The van der Waals surface area contributed by atoms with Crippen molar-refractivity contribution in [3.05, 3.63) is 63.1 Å². The smallest absolute Gasteiger partial charge is 0.307 e. The molecule has 1 aliphatic carbocycles. The van der Waals surface area contributed by atoms with Gasteiger partial charge in [0, 0.05) is 31.6 Å². The molecule has 1 N–H and O–H groups in total. The van der Waals surface area contributed by atoms with Crippen LogP contribution in [0.15, 0.2) is 36.4 Å². The Morgan fingerprint density at radius 2 is 1.79 bits per heavy atom. The summed E-state index contributed by atoms with van der Waals surface area (Å²) >= 11 is 12.7. The Labute approximate surface area is 181 Å². The summed E-state index contributed by atoms with van der Waals surface area (Å²) < 4.78 is 0. The average molecular weight is 431 g/mol. The number of hydrogen-bond acceptors (Lipinski definition) is 3. The largest absolute Gasteiger partial charge is 0.481 e. The van der Waals surface area contributed by atoms with E-state index in [4.69, 9.17) is 23.2 Å². The van der Waals surface area contributed by atoms with Gasteiger partial charge in [0.2, 0.25) is 0 Å². The number of rotatable bonds is 4. The van der Waals surface area contributed by atoms with Crippen LogP contribution < -0.4 is 4.90 Å². The first-order valence-corrected chi connectivity index (χ1v) is 11.1. The molecule has 0 bridgehead atoms. The number of halogens is 2. The zero-order valence-corrected chi connectivity index (χ0v) is 17.7. The lowest BCUT2D eigenvalue weighted by Crippen LogP contribution is -2.45. The molecular formula is C23H24Cl2N2O2. The minimum atomic E-state index is -0.658. The van der Waals surface area contributed by atoms with Crippen molar-refractivity contribution in [2.45, 2.75) is 31.2 Å². The molecular weight excluding hydrogens is 407 g/mol. The molecule has 0 radical (unpaired) electrons. The molecule has 2 heterocycles. The van der Waals surface area contributed by atoms with Gasteiger partial charge in [0.25, 0.3) is 0 Å². The standard InChI is InChI=1S/C23H24Cl2N2O2/c24-19-2-1-3-20(25)22(19)27-12-17(13-27)14-4-6-18-15(10-14)5-7-21(18)26-9-8-16(11-26)23(28)29/h1-4,6,10,16-17,21H,5,7-9,11-13H2,(H,28,29). The topological polar surface area (TPSA) is 43.8 Å². The highest BCUT2D eigenvalue weighted by Crippen LogP contribution is 2.43. The van der Waals surface area contributed by atoms with Gasteiger partial charge in [-0.05, 0) is 54.6 Å². The van der Waals surface area contributed by atoms with Gasteiger partial charge < -0.3 is 10.0 Å². The minimum absolute atomic E-state index is 0.212. The molecule has 5 rings (SSSR count). The molecule has 6 heteroatoms. The third-order valence-corrected chi connectivity index (χ3v) is 7.44. The van der Waals surface area contributed by atoms with Gasteiger partial charge in [-0.25, -0.2) is 0 Å². The zero-order valence-electron chi connectivity index (χ0n) is 16.2. The number of carbonyl (C=O) groups is 1. The number of aryl methyl sites for hydroxylation is 1. The average Bonchev–Trinajstić information content (AvgIpc) is 3.29. The first kappa shape index (κ1) is 19.2. The van der Waals surface area contributed by atoms with Crippen LogP contribution in [-0.4, -0.2) is 42.2 Å². The number of nitrogens with zero attached hydrogens (tertiary/aromatic N) is 2. The van der Waals surface area contributed by atoms with E-state index in [0.29, 0.717) is 28.5 Å². The molecule has 2 unspecified atom stereocenters. The fraction of sp³-hybridized carbons (Fsp3) is 0.435. The van der Waals surface area contributed by atoms with E-state index in [1.165, 1.54) is 16.7 Å². The van der Waals surface area contributed by atoms with E-state index in [0.717, 1.165) is 44.6 Å². The highest BCUT2D eigenvalue weighted by atomic mass is 35.5. The van der Waals surface area contributed by atoms with Crippen LogP contribution in [0.2, 0.25) is 10.0 Å². The highest BCUT2D eigenvalue weighted by Gasteiger charge is 2.37. The zero-order chi connectivity index (χ0) is 20.1. The van der Waals surface area contributed by atoms with Crippen LogP contribution in [-0.2, 0) is 11.2 Å². The summed E-state index contributed by atoms with van der Waals surface area (Å²) in [6.07, 6.45) is 2.94. The van der Waals surface area contributed by atoms with Gasteiger partial charge >= 0.3 is 5.97 Å². The molecule has 2 atom stereocenters. The second-order valence-electron chi connectivity index (χ2n) is 8.50. The van der Waals surface area contributed by atoms with Crippen LogP contribution in [0, 0.1) is 5.92 Å². The van der Waals surface area contributed by atoms with Crippen molar-refractivity contribution >= 4 is 34.9 Å². The summed E-state index contributed by atoms with van der Waals surface area (Å²) in [5.41, 5.74) is 5.15. The fourth-order valence-electron chi connectivity index (χ4n) is 5.18. The molecule has 0 amide bonds. The van der Waals surface area contributed by atoms with Crippen molar-refractivity contribution in [1.29, 1.82) is 0 Å². The van der Waals surface area contributed by atoms with Crippen molar-refractivity contribution in [2.75, 3.05) is 31.1 Å². The van der Waals surface area contributed by atoms with Crippen LogP contribution in [0.4, 0.5) is 5.69 Å². The number of para-hydroxylation sites is 1. The number of carboxylic acids is 1. The number of benzene rings is 2. The predicted octanol–water partition coefficient (Wildman–Crippen LogP) is 4.99. The number of aliphatic carboxylic acids is 1. The quantitative estimate of drug-likeness (QED) is 0.741. The van der Waals surface area contributed by atoms with E-state index in [9.17, 15) is 9.90 Å². The Morgan fingerprint density at radius 1 is 1.03 bits per heavy atom. The molecule has 0 aromatic heterocycles. The Balaban J connectivity index is 1.28. The van der Waals surface area contributed by atoms with Crippen molar-refractivity contribution in [3.63, 3.8) is 0 Å². The monoisotopic (exact) mass is 430 g/mol. The summed E-state index contributed by atoms with van der Waals surface area (Å²) in [4.78, 5) is 15.9. The fourth-order valence-corrected chi connectivity index (χ4v) is 5.82. The summed E-state index contributed by atoms with van der Waals surface area (Å²) in [6, 6.07) is 12.9. The van der Waals surface area contributed by atoms with Crippen molar-refractivity contribution in [2.24, 2.45) is 5.92 Å². The van der Waals surface area contributed by atoms with Crippen LogP contribution in [0.5, 0.6) is 0 Å². The van der Waals surface area contributed by atoms with Crippen molar-refractivity contribution < 1.29 is 9.90 Å². The summed E-state index contributed by atoms with van der Waals surface area (Å²) in [5.74, 6) is -0.375. The Bertz CT molecular complexity index is 938. The van der Waals surface area contributed by atoms with Gasteiger partial charge in [-0.2, -0.15) is 0 Å². The second-order valence-corrected chi connectivity index (χ2v) is 9.32. The molecule has 2 aliphatic heterocycles. The number of likely N-dealkylation sites (tertiary alicyclic amines) is 1. The Kier molecular flexibility index (Phi) is 4.97. The number of fused-ring (bicyclic) bond motifs is 1. The Morgan fingerprint density at radius 3 is 2.48 bits per heavy atom. The van der Waals surface area contributed by atoms with Gasteiger partial charge in [0.15, 0.2) is 0 Å². The lowest BCUT2D eigenvalue weighted by atomic mass is 9.89. The van der Waals surface area contributed by atoms with Gasteiger partial charge in [-0.3, -0.25) is 9.69 Å². The molecule has 2 aromatic carbocycles. The van der Waals surface area contributed by atoms with Crippen LogP contribution in [0.25, 0.3) is 0 Å². The SMILES string of the molecule is O=C(O)C1CCN(C2CCc3cc(C4CN(c5c(Cl)cccc5Cl)C4)ccc32)C1. The molecule has 0 saturated carbocycles. The molecule has 2 fully saturated rings. The normalized spacial score (nSPS) is 24.6. The summed E-state index contributed by atoms with van der Waals surface area (Å²) in [6.45, 7) is 3.42. The van der Waals surface area contributed by atoms with E-state index < -0.39 is 5.97 Å². The molecule has 4 nitrogen and oxygen atoms in total. The first-order chi connectivity index (χ1) is 14.0. The maximum Gasteiger partial charge on any atom is 0.307 e. The van der Waals surface area contributed by atoms with Crippen molar-refractivity contribution in [1.82, 2.24) is 4.90 Å². The van der Waals surface area contributed by atoms with Gasteiger partial charge in [-0.15, -0.1) is 0 Å². The van der Waals surface area contributed by atoms with E-state index in [2.05, 4.69) is 28.0 Å². The van der Waals surface area contributed by atoms with E-state index >= 15 is 0 Å². The molecule has 152 valence electrons. The second kappa shape index (κ2) is 7.50. The number of carboxylic acid groups (broad SMARTS) is 1. The summed E-state index contributed by atoms with van der Waals surface area (Å²) in [5, 5.41) is 10.7. The molecule has 0 spiro atoms. The van der Waals surface area contributed by atoms with E-state index in [1.54, 1.807) is 0 Å². The third kappa shape index (κ3) is 3.41. The first-order valence-electron chi connectivity index (χ1n) is 10.3. The van der Waals surface area contributed by atoms with Gasteiger partial charge in [0.1, 0.15) is 0 Å². The van der Waals surface area contributed by atoms with Crippen LogP contribution >= 0.6 is 23.2 Å². The molecule has 3 aliphatic rings. The van der Waals surface area contributed by atoms with E-state index in [-0.39, 0.29) is 5.92 Å². The number of hydrogen-bond donors (Lipinski definition) is 1. The van der Waals surface area contributed by atoms with Crippen molar-refractivity contribution in [3.8, 4) is 0 Å². The third-order valence-electron chi connectivity index (χ3n) is 6.83. The van der Waals surface area contributed by atoms with Gasteiger partial charge in [-0.1, -0.05) is 47.5 Å². The minimum Gasteiger partial charge on any atom is -0.481 e. The van der Waals surface area contributed by atoms with Crippen LogP contribution in [0.3, 0.4) is 0 Å². The highest BCUT2D eigenvalue weighted by molar-refractivity contribution is 6.39. The molecule has 2 saturated heterocycles. The molecule has 29 heavy (non-hydrogen) atoms. The summed E-state index contributed by atoms with van der Waals surface area (Å²) in [7, 11) is 0. The van der Waals surface area contributed by atoms with E-state index in [1.807, 2.05) is 18.2 Å². The maximum atomic E-state index is 11.3. The Hall–Kier alpha value is -1.75. The van der Waals surface area contributed by atoms with Gasteiger partial charge in [0.05, 0.1) is 21.7 Å². The van der Waals surface area contributed by atoms with Crippen LogP contribution in [0.1, 0.15) is 41.5 Å². The molecule has 2 aromatic rings. The lowest BCUT2D eigenvalue weighted by molar-refractivity contribution is -0.141.